The lowest BCUT2D eigenvalue weighted by atomic mass is 10.2. The Morgan fingerprint density at radius 3 is 2.06 bits per heavy atom. The van der Waals surface area contributed by atoms with Crippen LogP contribution in [0.3, 0.4) is 0 Å². The van der Waals surface area contributed by atoms with Crippen LogP contribution in [0.25, 0.3) is 0 Å². The first-order valence-corrected chi connectivity index (χ1v) is 13.9. The highest BCUT2D eigenvalue weighted by molar-refractivity contribution is 7.92. The Bertz CT molecular complexity index is 1240. The van der Waals surface area contributed by atoms with E-state index in [2.05, 4.69) is 10.0 Å². The lowest BCUT2D eigenvalue weighted by Crippen LogP contribution is -2.16. The van der Waals surface area contributed by atoms with Crippen LogP contribution in [-0.4, -0.2) is 26.7 Å². The fraction of sp³-hybridized carbons (Fsp3) is 0.250. The molecule has 0 aliphatic rings. The summed E-state index contributed by atoms with van der Waals surface area (Å²) < 4.78 is 52.7. The van der Waals surface area contributed by atoms with Gasteiger partial charge in [-0.3, -0.25) is 9.29 Å². The first-order chi connectivity index (χ1) is 16.2. The number of nitrogens with one attached hydrogen (secondary N) is 2. The van der Waals surface area contributed by atoms with Crippen molar-refractivity contribution in [3.63, 3.8) is 0 Å². The van der Waals surface area contributed by atoms with Gasteiger partial charge in [0.15, 0.2) is 5.78 Å². The monoisotopic (exact) mass is 504 g/mol. The van der Waals surface area contributed by atoms with Gasteiger partial charge < -0.3 is 19.5 Å². The molecule has 0 aliphatic carbocycles. The molecule has 0 aromatic heterocycles. The van der Waals surface area contributed by atoms with E-state index in [1.54, 1.807) is 50.2 Å². The number of aromatic hydroxyl groups is 1. The van der Waals surface area contributed by atoms with Gasteiger partial charge in [0.1, 0.15) is 5.75 Å². The summed E-state index contributed by atoms with van der Waals surface area (Å²) in [5, 5.41) is 13.1. The molecule has 0 saturated heterocycles. The second kappa shape index (κ2) is 11.1. The van der Waals surface area contributed by atoms with Gasteiger partial charge in [-0.1, -0.05) is 29.8 Å². The second-order valence-electron chi connectivity index (χ2n) is 7.51. The standard InChI is InChI=1S/C24H29N2O6PS/c1-4-31-33(28,32-5-2)24(19-7-6-8-22(27)17-19)25-20-13-15-23(16-14-20)34(29,30)26-21-11-9-18(3)10-12-21/h6-17,24-27H,4-5H2,1-3H3. The van der Waals surface area contributed by atoms with Crippen LogP contribution in [0.2, 0.25) is 0 Å². The summed E-state index contributed by atoms with van der Waals surface area (Å²) in [5.74, 6) is -0.917. The van der Waals surface area contributed by atoms with Gasteiger partial charge >= 0.3 is 7.60 Å². The second-order valence-corrected chi connectivity index (χ2v) is 11.3. The number of phenolic OH excluding ortho intramolecular Hbond substituents is 1. The average molecular weight is 505 g/mol. The van der Waals surface area contributed by atoms with Crippen LogP contribution < -0.4 is 10.0 Å². The Labute approximate surface area is 200 Å². The van der Waals surface area contributed by atoms with Gasteiger partial charge in [-0.15, -0.1) is 0 Å². The van der Waals surface area contributed by atoms with E-state index in [4.69, 9.17) is 9.05 Å². The molecular weight excluding hydrogens is 475 g/mol. The molecule has 10 heteroatoms. The number of anilines is 2. The summed E-state index contributed by atoms with van der Waals surface area (Å²) in [6.45, 7) is 5.67. The van der Waals surface area contributed by atoms with Crippen molar-refractivity contribution in [1.29, 1.82) is 0 Å². The van der Waals surface area contributed by atoms with Gasteiger partial charge in [-0.2, -0.15) is 0 Å². The molecule has 182 valence electrons. The van der Waals surface area contributed by atoms with Crippen molar-refractivity contribution >= 4 is 29.0 Å². The topological polar surface area (TPSA) is 114 Å². The number of rotatable bonds is 11. The summed E-state index contributed by atoms with van der Waals surface area (Å²) >= 11 is 0. The molecule has 0 spiro atoms. The third-order valence-corrected chi connectivity index (χ3v) is 8.59. The highest BCUT2D eigenvalue weighted by Crippen LogP contribution is 2.61. The minimum absolute atomic E-state index is 0.00692. The van der Waals surface area contributed by atoms with Gasteiger partial charge in [0.2, 0.25) is 0 Å². The van der Waals surface area contributed by atoms with E-state index < -0.39 is 23.4 Å². The smallest absolute Gasteiger partial charge is 0.357 e. The maximum atomic E-state index is 13.6. The van der Waals surface area contributed by atoms with Crippen LogP contribution in [-0.2, 0) is 23.6 Å². The van der Waals surface area contributed by atoms with Gasteiger partial charge in [-0.25, -0.2) is 8.42 Å². The maximum Gasteiger partial charge on any atom is 0.357 e. The van der Waals surface area contributed by atoms with Crippen molar-refractivity contribution in [2.75, 3.05) is 23.3 Å². The molecule has 0 aliphatic heterocycles. The van der Waals surface area contributed by atoms with Gasteiger partial charge in [-0.05, 0) is 74.9 Å². The van der Waals surface area contributed by atoms with Gasteiger partial charge in [0, 0.05) is 11.4 Å². The zero-order valence-corrected chi connectivity index (χ0v) is 21.0. The van der Waals surface area contributed by atoms with E-state index in [0.717, 1.165) is 5.56 Å². The Morgan fingerprint density at radius 2 is 1.50 bits per heavy atom. The molecule has 3 rings (SSSR count). The number of hydrogen-bond acceptors (Lipinski definition) is 7. The van der Waals surface area contributed by atoms with E-state index >= 15 is 0 Å². The molecule has 3 N–H and O–H groups in total. The molecular formula is C24H29N2O6PS. The first-order valence-electron chi connectivity index (χ1n) is 10.8. The number of benzene rings is 3. The molecule has 0 heterocycles. The van der Waals surface area contributed by atoms with Crippen molar-refractivity contribution in [2.24, 2.45) is 0 Å². The van der Waals surface area contributed by atoms with Crippen LogP contribution in [0.15, 0.2) is 77.7 Å². The molecule has 0 saturated carbocycles. The largest absolute Gasteiger partial charge is 0.508 e. The molecule has 0 bridgehead atoms. The number of aryl methyl sites for hydroxylation is 1. The summed E-state index contributed by atoms with van der Waals surface area (Å²) in [7, 11) is -7.47. The molecule has 1 atom stereocenters. The lowest BCUT2D eigenvalue weighted by Gasteiger charge is -2.28. The molecule has 0 fully saturated rings. The van der Waals surface area contributed by atoms with Crippen molar-refractivity contribution in [3.8, 4) is 5.75 Å². The third kappa shape index (κ3) is 6.39. The molecule has 0 amide bonds. The number of hydrogen-bond donors (Lipinski definition) is 3. The van der Waals surface area contributed by atoms with Gasteiger partial charge in [0.05, 0.1) is 18.1 Å². The van der Waals surface area contributed by atoms with E-state index in [1.807, 2.05) is 19.1 Å². The van der Waals surface area contributed by atoms with Crippen molar-refractivity contribution in [1.82, 2.24) is 0 Å². The van der Waals surface area contributed by atoms with Crippen molar-refractivity contribution in [3.05, 3.63) is 83.9 Å². The van der Waals surface area contributed by atoms with Gasteiger partial charge in [0.25, 0.3) is 10.0 Å². The minimum atomic E-state index is -3.79. The molecule has 8 nitrogen and oxygen atoms in total. The van der Waals surface area contributed by atoms with E-state index in [-0.39, 0.29) is 23.9 Å². The van der Waals surface area contributed by atoms with E-state index in [0.29, 0.717) is 16.9 Å². The fourth-order valence-electron chi connectivity index (χ4n) is 3.31. The predicted molar refractivity (Wildman–Crippen MR) is 134 cm³/mol. The van der Waals surface area contributed by atoms with E-state index in [9.17, 15) is 18.1 Å². The minimum Gasteiger partial charge on any atom is -0.508 e. The fourth-order valence-corrected chi connectivity index (χ4v) is 6.29. The number of phenols is 1. The maximum absolute atomic E-state index is 13.6. The predicted octanol–water partition coefficient (Wildman–Crippen LogP) is 5.88. The van der Waals surface area contributed by atoms with Crippen LogP contribution >= 0.6 is 7.60 Å². The highest BCUT2D eigenvalue weighted by Gasteiger charge is 2.37. The van der Waals surface area contributed by atoms with Crippen molar-refractivity contribution in [2.45, 2.75) is 31.4 Å². The lowest BCUT2D eigenvalue weighted by molar-refractivity contribution is 0.214. The normalized spacial score (nSPS) is 12.8. The molecule has 3 aromatic rings. The Kier molecular flexibility index (Phi) is 8.38. The van der Waals surface area contributed by atoms with Crippen LogP contribution in [0, 0.1) is 6.92 Å². The van der Waals surface area contributed by atoms with Crippen LogP contribution in [0.5, 0.6) is 5.75 Å². The summed E-state index contributed by atoms with van der Waals surface area (Å²) in [4.78, 5) is 0.0744. The Balaban J connectivity index is 1.88. The molecule has 0 radical (unpaired) electrons. The highest BCUT2D eigenvalue weighted by atomic mass is 32.2. The van der Waals surface area contributed by atoms with Crippen molar-refractivity contribution < 1.29 is 27.1 Å². The third-order valence-electron chi connectivity index (χ3n) is 4.89. The summed E-state index contributed by atoms with van der Waals surface area (Å²) in [5.41, 5.74) is 2.49. The molecule has 1 unspecified atom stereocenters. The zero-order valence-electron chi connectivity index (χ0n) is 19.3. The quantitative estimate of drug-likeness (QED) is 0.280. The molecule has 34 heavy (non-hydrogen) atoms. The SMILES string of the molecule is CCOP(=O)(OCC)C(Nc1ccc(S(=O)(=O)Nc2ccc(C)cc2)cc1)c1cccc(O)c1. The van der Waals surface area contributed by atoms with Crippen LogP contribution in [0.1, 0.15) is 30.8 Å². The van der Waals surface area contributed by atoms with E-state index in [1.165, 1.54) is 24.3 Å². The summed E-state index contributed by atoms with van der Waals surface area (Å²) in [6.07, 6.45) is 0. The first kappa shape index (κ1) is 25.8. The van der Waals surface area contributed by atoms with Crippen LogP contribution in [0.4, 0.5) is 11.4 Å². The summed E-state index contributed by atoms with van der Waals surface area (Å²) in [6, 6.07) is 19.4. The molecule has 3 aromatic carbocycles. The number of sulfonamides is 1. The Hall–Kier alpha value is -2.84. The zero-order chi connectivity index (χ0) is 24.8. The average Bonchev–Trinajstić information content (AvgIpc) is 2.79. The Morgan fingerprint density at radius 1 is 0.912 bits per heavy atom.